The van der Waals surface area contributed by atoms with Gasteiger partial charge >= 0.3 is 6.01 Å². The minimum absolute atomic E-state index is 0.0863. The van der Waals surface area contributed by atoms with Crippen molar-refractivity contribution in [3.05, 3.63) is 27.7 Å². The lowest BCUT2D eigenvalue weighted by molar-refractivity contribution is 0.437. The molecule has 1 heterocycles. The fourth-order valence-electron chi connectivity index (χ4n) is 1.43. The number of aromatic nitrogens is 2. The first-order chi connectivity index (χ1) is 7.08. The van der Waals surface area contributed by atoms with Crippen molar-refractivity contribution in [3.63, 3.8) is 0 Å². The topological polar surface area (TPSA) is 64.9 Å². The molecule has 0 atom stereocenters. The maximum Gasteiger partial charge on any atom is 0.319 e. The summed E-state index contributed by atoms with van der Waals surface area (Å²) in [5.74, 6) is 0.520. The van der Waals surface area contributed by atoms with Crippen LogP contribution in [0.3, 0.4) is 0 Å². The maximum atomic E-state index is 5.37. The first-order valence-corrected chi connectivity index (χ1v) is 5.23. The van der Waals surface area contributed by atoms with Crippen molar-refractivity contribution < 1.29 is 4.52 Å². The highest BCUT2D eigenvalue weighted by molar-refractivity contribution is 9.10. The maximum absolute atomic E-state index is 5.37. The summed E-state index contributed by atoms with van der Waals surface area (Å²) in [6.07, 6.45) is 0. The van der Waals surface area contributed by atoms with Crippen LogP contribution >= 0.6 is 15.9 Å². The average molecular weight is 268 g/mol. The summed E-state index contributed by atoms with van der Waals surface area (Å²) in [4.78, 5) is 3.98. The van der Waals surface area contributed by atoms with Crippen molar-refractivity contribution in [1.29, 1.82) is 0 Å². The number of halogens is 1. The minimum atomic E-state index is 0.0863. The molecular formula is C10H10BrN3O. The van der Waals surface area contributed by atoms with E-state index in [0.717, 1.165) is 21.2 Å². The van der Waals surface area contributed by atoms with Gasteiger partial charge in [0.15, 0.2) is 0 Å². The van der Waals surface area contributed by atoms with E-state index in [2.05, 4.69) is 26.1 Å². The van der Waals surface area contributed by atoms with Crippen LogP contribution in [0.1, 0.15) is 11.1 Å². The fraction of sp³-hybridized carbons (Fsp3) is 0.200. The number of benzene rings is 1. The Balaban J connectivity index is 2.55. The molecule has 2 aromatic rings. The second-order valence-corrected chi connectivity index (χ2v) is 4.17. The van der Waals surface area contributed by atoms with Gasteiger partial charge in [0.2, 0.25) is 5.82 Å². The molecule has 4 nitrogen and oxygen atoms in total. The monoisotopic (exact) mass is 267 g/mol. The van der Waals surface area contributed by atoms with E-state index in [1.54, 1.807) is 0 Å². The minimum Gasteiger partial charge on any atom is -0.351 e. The predicted octanol–water partition coefficient (Wildman–Crippen LogP) is 2.70. The van der Waals surface area contributed by atoms with Gasteiger partial charge in [0.05, 0.1) is 0 Å². The van der Waals surface area contributed by atoms with Crippen molar-refractivity contribution >= 4 is 21.9 Å². The summed E-state index contributed by atoms with van der Waals surface area (Å²) in [6.45, 7) is 4.04. The van der Waals surface area contributed by atoms with E-state index in [9.17, 15) is 0 Å². The van der Waals surface area contributed by atoms with E-state index >= 15 is 0 Å². The molecule has 0 spiro atoms. The van der Waals surface area contributed by atoms with Crippen molar-refractivity contribution in [2.45, 2.75) is 13.8 Å². The van der Waals surface area contributed by atoms with Gasteiger partial charge < -0.3 is 10.3 Å². The first kappa shape index (κ1) is 10.2. The molecule has 0 saturated carbocycles. The van der Waals surface area contributed by atoms with Crippen LogP contribution in [0.2, 0.25) is 0 Å². The Labute approximate surface area is 95.6 Å². The Morgan fingerprint density at radius 3 is 2.33 bits per heavy atom. The lowest BCUT2D eigenvalue weighted by Crippen LogP contribution is -1.88. The van der Waals surface area contributed by atoms with Gasteiger partial charge in [-0.15, -0.1) is 0 Å². The third kappa shape index (κ3) is 1.87. The van der Waals surface area contributed by atoms with Crippen LogP contribution in [0.4, 0.5) is 6.01 Å². The Hall–Kier alpha value is -1.36. The molecule has 2 rings (SSSR count). The molecule has 0 saturated heterocycles. The van der Waals surface area contributed by atoms with Crippen molar-refractivity contribution in [3.8, 4) is 11.4 Å². The Bertz CT molecular complexity index is 484. The van der Waals surface area contributed by atoms with Gasteiger partial charge in [-0.3, -0.25) is 0 Å². The number of anilines is 1. The highest BCUT2D eigenvalue weighted by atomic mass is 79.9. The normalized spacial score (nSPS) is 10.6. The van der Waals surface area contributed by atoms with Crippen LogP contribution < -0.4 is 5.73 Å². The van der Waals surface area contributed by atoms with Crippen LogP contribution in [0.25, 0.3) is 11.4 Å². The van der Waals surface area contributed by atoms with E-state index in [4.69, 9.17) is 10.3 Å². The predicted molar refractivity (Wildman–Crippen MR) is 61.3 cm³/mol. The highest BCUT2D eigenvalue weighted by Gasteiger charge is 2.09. The lowest BCUT2D eigenvalue weighted by Gasteiger charge is -2.04. The largest absolute Gasteiger partial charge is 0.351 e. The molecule has 0 fully saturated rings. The van der Waals surface area contributed by atoms with Gasteiger partial charge in [-0.25, -0.2) is 0 Å². The van der Waals surface area contributed by atoms with E-state index in [-0.39, 0.29) is 6.01 Å². The Morgan fingerprint density at radius 2 is 1.87 bits per heavy atom. The van der Waals surface area contributed by atoms with Gasteiger partial charge in [-0.2, -0.15) is 4.98 Å². The molecule has 5 heteroatoms. The summed E-state index contributed by atoms with van der Waals surface area (Å²) in [6, 6.07) is 4.06. The zero-order valence-electron chi connectivity index (χ0n) is 8.41. The van der Waals surface area contributed by atoms with Crippen LogP contribution in [-0.4, -0.2) is 10.1 Å². The standard InChI is InChI=1S/C10H10BrN3O/c1-5-3-7(4-6(2)8(5)11)9-13-10(12)15-14-9/h3-4H,1-2H3,(H2,12,13,14). The SMILES string of the molecule is Cc1cc(-c2noc(N)n2)cc(C)c1Br. The van der Waals surface area contributed by atoms with Gasteiger partial charge in [0.1, 0.15) is 0 Å². The third-order valence-electron chi connectivity index (χ3n) is 2.14. The molecule has 0 aliphatic heterocycles. The average Bonchev–Trinajstić information content (AvgIpc) is 2.60. The quantitative estimate of drug-likeness (QED) is 0.863. The van der Waals surface area contributed by atoms with E-state index in [1.807, 2.05) is 26.0 Å². The number of nitrogens with two attached hydrogens (primary N) is 1. The van der Waals surface area contributed by atoms with Gasteiger partial charge in [0, 0.05) is 10.0 Å². The zero-order chi connectivity index (χ0) is 11.0. The lowest BCUT2D eigenvalue weighted by atomic mass is 10.1. The molecule has 0 aliphatic carbocycles. The van der Waals surface area contributed by atoms with Crippen LogP contribution in [0.5, 0.6) is 0 Å². The Morgan fingerprint density at radius 1 is 1.27 bits per heavy atom. The summed E-state index contributed by atoms with van der Waals surface area (Å²) >= 11 is 3.50. The van der Waals surface area contributed by atoms with Gasteiger partial charge in [0.25, 0.3) is 0 Å². The summed E-state index contributed by atoms with van der Waals surface area (Å²) < 4.78 is 5.83. The molecule has 0 bridgehead atoms. The molecule has 0 radical (unpaired) electrons. The van der Waals surface area contributed by atoms with Crippen LogP contribution in [-0.2, 0) is 0 Å². The van der Waals surface area contributed by atoms with Crippen LogP contribution in [0.15, 0.2) is 21.1 Å². The summed E-state index contributed by atoms with van der Waals surface area (Å²) in [5.41, 5.74) is 8.55. The molecule has 78 valence electrons. The number of nitrogens with zero attached hydrogens (tertiary/aromatic N) is 2. The summed E-state index contributed by atoms with van der Waals surface area (Å²) in [5, 5.41) is 3.77. The molecule has 0 unspecified atom stereocenters. The second-order valence-electron chi connectivity index (χ2n) is 3.38. The van der Waals surface area contributed by atoms with E-state index in [1.165, 1.54) is 0 Å². The number of rotatable bonds is 1. The Kier molecular flexibility index (Phi) is 2.48. The van der Waals surface area contributed by atoms with Crippen molar-refractivity contribution in [2.24, 2.45) is 0 Å². The van der Waals surface area contributed by atoms with E-state index < -0.39 is 0 Å². The molecule has 0 amide bonds. The number of aryl methyl sites for hydroxylation is 2. The first-order valence-electron chi connectivity index (χ1n) is 4.44. The molecular weight excluding hydrogens is 258 g/mol. The highest BCUT2D eigenvalue weighted by Crippen LogP contribution is 2.27. The fourth-order valence-corrected chi connectivity index (χ4v) is 1.66. The number of nitrogen functional groups attached to an aromatic ring is 1. The third-order valence-corrected chi connectivity index (χ3v) is 3.39. The number of hydrogen-bond acceptors (Lipinski definition) is 4. The summed E-state index contributed by atoms with van der Waals surface area (Å²) in [7, 11) is 0. The molecule has 15 heavy (non-hydrogen) atoms. The number of hydrogen-bond donors (Lipinski definition) is 1. The molecule has 1 aromatic heterocycles. The zero-order valence-corrected chi connectivity index (χ0v) is 10.00. The van der Waals surface area contributed by atoms with Crippen LogP contribution in [0, 0.1) is 13.8 Å². The molecule has 1 aromatic carbocycles. The van der Waals surface area contributed by atoms with Crippen molar-refractivity contribution in [1.82, 2.24) is 10.1 Å². The van der Waals surface area contributed by atoms with Crippen molar-refractivity contribution in [2.75, 3.05) is 5.73 Å². The molecule has 2 N–H and O–H groups in total. The second kappa shape index (κ2) is 3.66. The van der Waals surface area contributed by atoms with Gasteiger partial charge in [-0.1, -0.05) is 21.1 Å². The van der Waals surface area contributed by atoms with Gasteiger partial charge in [-0.05, 0) is 37.1 Å². The molecule has 0 aliphatic rings. The van der Waals surface area contributed by atoms with E-state index in [0.29, 0.717) is 5.82 Å². The smallest absolute Gasteiger partial charge is 0.319 e.